The lowest BCUT2D eigenvalue weighted by Crippen LogP contribution is -2.10. The molecule has 14 aromatic rings. The van der Waals surface area contributed by atoms with Crippen molar-refractivity contribution in [3.63, 3.8) is 0 Å². The largest absolute Gasteiger partial charge is 0.454 e. The van der Waals surface area contributed by atoms with Crippen LogP contribution in [0.25, 0.3) is 88.4 Å². The van der Waals surface area contributed by atoms with Gasteiger partial charge in [0.2, 0.25) is 0 Å². The molecule has 0 radical (unpaired) electrons. The van der Waals surface area contributed by atoms with Crippen molar-refractivity contribution >= 4 is 100 Å². The van der Waals surface area contributed by atoms with Gasteiger partial charge in [-0.3, -0.25) is 0 Å². The summed E-state index contributed by atoms with van der Waals surface area (Å²) in [4.78, 5) is 4.64. The molecular formula is C64H42N4O2. The molecule has 0 aliphatic rings. The van der Waals surface area contributed by atoms with Gasteiger partial charge in [0, 0.05) is 67.0 Å². The van der Waals surface area contributed by atoms with Crippen LogP contribution in [0.3, 0.4) is 0 Å². The van der Waals surface area contributed by atoms with Crippen LogP contribution < -0.4 is 9.80 Å². The van der Waals surface area contributed by atoms with Crippen LogP contribution in [0.4, 0.5) is 34.1 Å². The van der Waals surface area contributed by atoms with E-state index in [0.717, 1.165) is 123 Å². The first-order valence-corrected chi connectivity index (χ1v) is 23.7. The lowest BCUT2D eigenvalue weighted by molar-refractivity contribution is 0.672. The Labute approximate surface area is 403 Å². The lowest BCUT2D eigenvalue weighted by atomic mass is 10.0. The van der Waals surface area contributed by atoms with Crippen molar-refractivity contribution in [1.82, 2.24) is 9.13 Å². The summed E-state index contributed by atoms with van der Waals surface area (Å²) in [6.07, 6.45) is 0. The number of para-hydroxylation sites is 6. The fraction of sp³-hybridized carbons (Fsp3) is 0. The predicted octanol–water partition coefficient (Wildman–Crippen LogP) is 18.0. The van der Waals surface area contributed by atoms with Gasteiger partial charge < -0.3 is 27.8 Å². The molecule has 0 fully saturated rings. The minimum Gasteiger partial charge on any atom is -0.454 e. The Kier molecular flexibility index (Phi) is 9.10. The molecule has 0 bridgehead atoms. The molecule has 0 N–H and O–H groups in total. The number of aromatic nitrogens is 2. The third kappa shape index (κ3) is 6.35. The molecule has 70 heavy (non-hydrogen) atoms. The number of benzene rings is 10. The SMILES string of the molecule is c1ccc(N(c2ccc(-c3ccc(N(c4ccccc4)c4ccc5oc6c7ccccc7n(-c7ccccc7)c6c5c4)cc3)cc2)c2ccc3oc4c5ccccc5n(-c5ccccc5)c4c3c2)cc1. The van der Waals surface area contributed by atoms with Gasteiger partial charge in [0.1, 0.15) is 22.2 Å². The second kappa shape index (κ2) is 16.1. The van der Waals surface area contributed by atoms with Crippen LogP contribution in [-0.2, 0) is 0 Å². The molecule has 0 saturated heterocycles. The Hall–Kier alpha value is -9.52. The fourth-order valence-electron chi connectivity index (χ4n) is 10.5. The second-order valence-electron chi connectivity index (χ2n) is 17.7. The third-order valence-electron chi connectivity index (χ3n) is 13.7. The van der Waals surface area contributed by atoms with E-state index in [2.05, 4.69) is 274 Å². The minimum atomic E-state index is 0.855. The van der Waals surface area contributed by atoms with Crippen LogP contribution >= 0.6 is 0 Å². The maximum Gasteiger partial charge on any atom is 0.161 e. The molecule has 0 aliphatic carbocycles. The summed E-state index contributed by atoms with van der Waals surface area (Å²) in [5.74, 6) is 0. The molecule has 330 valence electrons. The maximum atomic E-state index is 6.66. The van der Waals surface area contributed by atoms with Crippen molar-refractivity contribution in [2.24, 2.45) is 0 Å². The van der Waals surface area contributed by atoms with E-state index in [1.165, 1.54) is 0 Å². The molecular weight excluding hydrogens is 857 g/mol. The van der Waals surface area contributed by atoms with Crippen molar-refractivity contribution < 1.29 is 8.83 Å². The first-order chi connectivity index (χ1) is 34.7. The van der Waals surface area contributed by atoms with Crippen molar-refractivity contribution in [3.8, 4) is 22.5 Å². The van der Waals surface area contributed by atoms with Gasteiger partial charge in [0.15, 0.2) is 11.2 Å². The molecule has 6 heteroatoms. The zero-order valence-electron chi connectivity index (χ0n) is 37.9. The Balaban J connectivity index is 0.836. The van der Waals surface area contributed by atoms with E-state index in [9.17, 15) is 0 Å². The van der Waals surface area contributed by atoms with Crippen molar-refractivity contribution in [1.29, 1.82) is 0 Å². The van der Waals surface area contributed by atoms with Crippen LogP contribution in [0.2, 0.25) is 0 Å². The molecule has 0 atom stereocenters. The van der Waals surface area contributed by atoms with Crippen LogP contribution in [0.15, 0.2) is 264 Å². The van der Waals surface area contributed by atoms with E-state index in [4.69, 9.17) is 8.83 Å². The average molecular weight is 899 g/mol. The van der Waals surface area contributed by atoms with Gasteiger partial charge in [-0.05, 0) is 145 Å². The highest BCUT2D eigenvalue weighted by Crippen LogP contribution is 2.45. The van der Waals surface area contributed by atoms with Crippen LogP contribution in [0.1, 0.15) is 0 Å². The monoisotopic (exact) mass is 898 g/mol. The van der Waals surface area contributed by atoms with Gasteiger partial charge in [0.25, 0.3) is 0 Å². The number of rotatable bonds is 9. The highest BCUT2D eigenvalue weighted by molar-refractivity contribution is 6.18. The smallest absolute Gasteiger partial charge is 0.161 e. The quantitative estimate of drug-likeness (QED) is 0.145. The second-order valence-corrected chi connectivity index (χ2v) is 17.7. The summed E-state index contributed by atoms with van der Waals surface area (Å²) in [7, 11) is 0. The Bertz CT molecular complexity index is 3930. The number of hydrogen-bond acceptors (Lipinski definition) is 4. The molecule has 14 rings (SSSR count). The topological polar surface area (TPSA) is 42.6 Å². The van der Waals surface area contributed by atoms with Gasteiger partial charge in [0.05, 0.1) is 11.0 Å². The molecule has 0 aliphatic heterocycles. The molecule has 0 saturated carbocycles. The van der Waals surface area contributed by atoms with E-state index in [1.807, 2.05) is 0 Å². The zero-order chi connectivity index (χ0) is 46.1. The van der Waals surface area contributed by atoms with Crippen LogP contribution in [0.5, 0.6) is 0 Å². The summed E-state index contributed by atoms with van der Waals surface area (Å²) in [5.41, 5.74) is 18.6. The number of furan rings is 2. The molecule has 6 nitrogen and oxygen atoms in total. The van der Waals surface area contributed by atoms with Gasteiger partial charge in [-0.2, -0.15) is 0 Å². The number of nitrogens with zero attached hydrogens (tertiary/aromatic N) is 4. The normalized spacial score (nSPS) is 11.7. The highest BCUT2D eigenvalue weighted by atomic mass is 16.3. The lowest BCUT2D eigenvalue weighted by Gasteiger charge is -2.26. The number of hydrogen-bond donors (Lipinski definition) is 0. The molecule has 0 unspecified atom stereocenters. The van der Waals surface area contributed by atoms with E-state index in [-0.39, 0.29) is 0 Å². The van der Waals surface area contributed by atoms with E-state index in [0.29, 0.717) is 0 Å². The van der Waals surface area contributed by atoms with Crippen molar-refractivity contribution in [2.45, 2.75) is 0 Å². The van der Waals surface area contributed by atoms with Crippen LogP contribution in [-0.4, -0.2) is 9.13 Å². The van der Waals surface area contributed by atoms with E-state index >= 15 is 0 Å². The molecule has 10 aromatic carbocycles. The molecule has 4 aromatic heterocycles. The van der Waals surface area contributed by atoms with Crippen LogP contribution in [0, 0.1) is 0 Å². The number of fused-ring (bicyclic) bond motifs is 10. The Morgan fingerprint density at radius 2 is 0.600 bits per heavy atom. The van der Waals surface area contributed by atoms with E-state index < -0.39 is 0 Å². The van der Waals surface area contributed by atoms with Gasteiger partial charge in [-0.25, -0.2) is 0 Å². The molecule has 0 spiro atoms. The summed E-state index contributed by atoms with van der Waals surface area (Å²) in [6.45, 7) is 0. The standard InChI is InChI=1S/C64H42N4O2/c1-5-17-45(18-6-1)65(51-37-39-59-55(41-51)61-63(69-59)53-25-13-15-27-57(53)67(61)47-21-9-3-10-22-47)49-33-29-43(30-34-49)44-31-35-50(36-32-44)66(46-19-7-2-8-20-46)52-38-40-60-56(42-52)62-64(70-60)54-26-14-16-28-58(54)68(62)48-23-11-4-12-24-48/h1-42H. The maximum absolute atomic E-state index is 6.66. The predicted molar refractivity (Wildman–Crippen MR) is 289 cm³/mol. The first-order valence-electron chi connectivity index (χ1n) is 23.7. The fourth-order valence-corrected chi connectivity index (χ4v) is 10.5. The minimum absolute atomic E-state index is 0.855. The van der Waals surface area contributed by atoms with Crippen molar-refractivity contribution in [3.05, 3.63) is 255 Å². The average Bonchev–Trinajstić information content (AvgIpc) is 4.17. The van der Waals surface area contributed by atoms with Gasteiger partial charge in [-0.1, -0.05) is 121 Å². The molecule has 4 heterocycles. The van der Waals surface area contributed by atoms with Gasteiger partial charge >= 0.3 is 0 Å². The molecule has 0 amide bonds. The highest BCUT2D eigenvalue weighted by Gasteiger charge is 2.24. The summed E-state index contributed by atoms with van der Waals surface area (Å²) in [5, 5.41) is 4.30. The van der Waals surface area contributed by atoms with E-state index in [1.54, 1.807) is 0 Å². The Morgan fingerprint density at radius 3 is 1.00 bits per heavy atom. The van der Waals surface area contributed by atoms with Gasteiger partial charge in [-0.15, -0.1) is 0 Å². The summed E-state index contributed by atoms with van der Waals surface area (Å²) >= 11 is 0. The van der Waals surface area contributed by atoms with Crippen molar-refractivity contribution in [2.75, 3.05) is 9.80 Å². The third-order valence-corrected chi connectivity index (χ3v) is 13.7. The number of anilines is 6. The zero-order valence-corrected chi connectivity index (χ0v) is 37.9. The summed E-state index contributed by atoms with van der Waals surface area (Å²) < 4.78 is 18.0. The first kappa shape index (κ1) is 39.6. The summed E-state index contributed by atoms with van der Waals surface area (Å²) in [6, 6.07) is 90.1. The Morgan fingerprint density at radius 1 is 0.271 bits per heavy atom.